The maximum atomic E-state index is 4.28. The van der Waals surface area contributed by atoms with Crippen molar-refractivity contribution in [3.05, 3.63) is 60.0 Å². The first-order valence-electron chi connectivity index (χ1n) is 6.63. The SMILES string of the molecule is C=CC(=C\C=C\C)/C(C)=C/N(C)/C(C=NCC)=C/C. The van der Waals surface area contributed by atoms with Gasteiger partial charge in [0.25, 0.3) is 0 Å². The van der Waals surface area contributed by atoms with Crippen LogP contribution in [0.1, 0.15) is 27.7 Å². The summed E-state index contributed by atoms with van der Waals surface area (Å²) in [6, 6.07) is 0. The third kappa shape index (κ3) is 6.61. The van der Waals surface area contributed by atoms with Gasteiger partial charge in [0.15, 0.2) is 0 Å². The largest absolute Gasteiger partial charge is 0.350 e. The Hall–Kier alpha value is -1.83. The molecule has 0 N–H and O–H groups in total. The van der Waals surface area contributed by atoms with Gasteiger partial charge in [0.1, 0.15) is 0 Å². The van der Waals surface area contributed by atoms with E-state index in [0.717, 1.165) is 17.8 Å². The van der Waals surface area contributed by atoms with Gasteiger partial charge in [0, 0.05) is 26.0 Å². The van der Waals surface area contributed by atoms with Crippen LogP contribution in [-0.2, 0) is 0 Å². The summed E-state index contributed by atoms with van der Waals surface area (Å²) >= 11 is 0. The molecule has 0 aliphatic heterocycles. The van der Waals surface area contributed by atoms with Crippen molar-refractivity contribution in [3.63, 3.8) is 0 Å². The molecule has 0 rings (SSSR count). The summed E-state index contributed by atoms with van der Waals surface area (Å²) < 4.78 is 0. The van der Waals surface area contributed by atoms with E-state index >= 15 is 0 Å². The van der Waals surface area contributed by atoms with Gasteiger partial charge in [-0.1, -0.05) is 37.0 Å². The van der Waals surface area contributed by atoms with Crippen molar-refractivity contribution in [3.8, 4) is 0 Å². The summed E-state index contributed by atoms with van der Waals surface area (Å²) in [5.41, 5.74) is 3.36. The first-order chi connectivity index (χ1) is 9.10. The zero-order chi connectivity index (χ0) is 14.7. The van der Waals surface area contributed by atoms with E-state index in [0.29, 0.717) is 0 Å². The number of allylic oxidation sites excluding steroid dienone is 8. The minimum absolute atomic E-state index is 0.799. The van der Waals surface area contributed by atoms with Crippen LogP contribution >= 0.6 is 0 Å². The van der Waals surface area contributed by atoms with Crippen molar-refractivity contribution in [2.24, 2.45) is 4.99 Å². The predicted octanol–water partition coefficient (Wildman–Crippen LogP) is 4.51. The Kier molecular flexibility index (Phi) is 9.15. The first kappa shape index (κ1) is 17.2. The van der Waals surface area contributed by atoms with Gasteiger partial charge in [-0.25, -0.2) is 0 Å². The van der Waals surface area contributed by atoms with Crippen molar-refractivity contribution < 1.29 is 0 Å². The van der Waals surface area contributed by atoms with Gasteiger partial charge in [-0.05, 0) is 38.8 Å². The van der Waals surface area contributed by atoms with E-state index in [1.54, 1.807) is 0 Å². The van der Waals surface area contributed by atoms with Crippen LogP contribution < -0.4 is 0 Å². The Balaban J connectivity index is 5.10. The van der Waals surface area contributed by atoms with E-state index in [9.17, 15) is 0 Å². The molecule has 0 aromatic rings. The zero-order valence-corrected chi connectivity index (χ0v) is 12.9. The van der Waals surface area contributed by atoms with Crippen LogP contribution in [0.5, 0.6) is 0 Å². The van der Waals surface area contributed by atoms with Crippen molar-refractivity contribution >= 4 is 6.21 Å². The van der Waals surface area contributed by atoms with Crippen LogP contribution in [0.25, 0.3) is 0 Å². The smallest absolute Gasteiger partial charge is 0.0541 e. The predicted molar refractivity (Wildman–Crippen MR) is 87.4 cm³/mol. The highest BCUT2D eigenvalue weighted by molar-refractivity contribution is 5.77. The molecule has 0 amide bonds. The van der Waals surface area contributed by atoms with Crippen molar-refractivity contribution in [1.29, 1.82) is 0 Å². The average Bonchev–Trinajstić information content (AvgIpc) is 2.40. The van der Waals surface area contributed by atoms with Crippen LogP contribution in [-0.4, -0.2) is 24.7 Å². The highest BCUT2D eigenvalue weighted by atomic mass is 15.1. The second-order valence-corrected chi connectivity index (χ2v) is 4.12. The Morgan fingerprint density at radius 2 is 2.00 bits per heavy atom. The summed E-state index contributed by atoms with van der Waals surface area (Å²) in [7, 11) is 2.02. The molecule has 2 heteroatoms. The van der Waals surface area contributed by atoms with Crippen LogP contribution in [0, 0.1) is 0 Å². The van der Waals surface area contributed by atoms with Gasteiger partial charge >= 0.3 is 0 Å². The van der Waals surface area contributed by atoms with Gasteiger partial charge in [0.2, 0.25) is 0 Å². The summed E-state index contributed by atoms with van der Waals surface area (Å²) in [4.78, 5) is 6.35. The number of hydrogen-bond donors (Lipinski definition) is 0. The summed E-state index contributed by atoms with van der Waals surface area (Å²) in [6.45, 7) is 12.8. The van der Waals surface area contributed by atoms with E-state index < -0.39 is 0 Å². The summed E-state index contributed by atoms with van der Waals surface area (Å²) in [6.07, 6.45) is 14.0. The third-order valence-corrected chi connectivity index (χ3v) is 2.64. The fourth-order valence-electron chi connectivity index (χ4n) is 1.55. The Labute approximate surface area is 118 Å². The Bertz CT molecular complexity index is 421. The maximum absolute atomic E-state index is 4.28. The molecule has 0 saturated heterocycles. The monoisotopic (exact) mass is 258 g/mol. The quantitative estimate of drug-likeness (QED) is 0.485. The summed E-state index contributed by atoms with van der Waals surface area (Å²) in [5.74, 6) is 0. The second kappa shape index (κ2) is 10.1. The molecular formula is C17H26N2. The molecule has 0 spiro atoms. The Morgan fingerprint density at radius 3 is 2.47 bits per heavy atom. The van der Waals surface area contributed by atoms with Crippen LogP contribution in [0.3, 0.4) is 0 Å². The lowest BCUT2D eigenvalue weighted by Crippen LogP contribution is -2.12. The second-order valence-electron chi connectivity index (χ2n) is 4.12. The highest BCUT2D eigenvalue weighted by Crippen LogP contribution is 2.13. The lowest BCUT2D eigenvalue weighted by atomic mass is 10.1. The lowest BCUT2D eigenvalue weighted by molar-refractivity contribution is 0.595. The first-order valence-corrected chi connectivity index (χ1v) is 6.63. The molecular weight excluding hydrogens is 232 g/mol. The minimum atomic E-state index is 0.799. The highest BCUT2D eigenvalue weighted by Gasteiger charge is 2.00. The normalized spacial score (nSPS) is 14.5. The fourth-order valence-corrected chi connectivity index (χ4v) is 1.55. The molecule has 0 aliphatic carbocycles. The van der Waals surface area contributed by atoms with Crippen molar-refractivity contribution in [2.45, 2.75) is 27.7 Å². The molecule has 0 fully saturated rings. The van der Waals surface area contributed by atoms with E-state index in [-0.39, 0.29) is 0 Å². The molecule has 0 saturated carbocycles. The van der Waals surface area contributed by atoms with Gasteiger partial charge < -0.3 is 4.90 Å². The minimum Gasteiger partial charge on any atom is -0.350 e. The van der Waals surface area contributed by atoms with Crippen molar-refractivity contribution in [2.75, 3.05) is 13.6 Å². The number of aliphatic imine (C=N–C) groups is 1. The number of hydrogen-bond acceptors (Lipinski definition) is 2. The Morgan fingerprint density at radius 1 is 1.32 bits per heavy atom. The van der Waals surface area contributed by atoms with Gasteiger partial charge in [-0.3, -0.25) is 4.99 Å². The third-order valence-electron chi connectivity index (χ3n) is 2.64. The average molecular weight is 258 g/mol. The molecule has 0 aromatic carbocycles. The van der Waals surface area contributed by atoms with Gasteiger partial charge in [0.05, 0.1) is 5.70 Å². The summed E-state index contributed by atoms with van der Waals surface area (Å²) in [5, 5.41) is 0. The van der Waals surface area contributed by atoms with Crippen LogP contribution in [0.2, 0.25) is 0 Å². The molecule has 0 heterocycles. The molecule has 0 aliphatic rings. The molecule has 0 radical (unpaired) electrons. The van der Waals surface area contributed by atoms with Crippen LogP contribution in [0.15, 0.2) is 65.0 Å². The topological polar surface area (TPSA) is 15.6 Å². The molecule has 104 valence electrons. The zero-order valence-electron chi connectivity index (χ0n) is 12.9. The van der Waals surface area contributed by atoms with Gasteiger partial charge in [-0.2, -0.15) is 0 Å². The van der Waals surface area contributed by atoms with Gasteiger partial charge in [-0.15, -0.1) is 0 Å². The maximum Gasteiger partial charge on any atom is 0.0541 e. The number of nitrogens with zero attached hydrogens (tertiary/aromatic N) is 2. The van der Waals surface area contributed by atoms with E-state index in [2.05, 4.69) is 35.7 Å². The van der Waals surface area contributed by atoms with Crippen molar-refractivity contribution in [1.82, 2.24) is 4.90 Å². The molecule has 19 heavy (non-hydrogen) atoms. The lowest BCUT2D eigenvalue weighted by Gasteiger charge is -2.16. The molecule has 0 bridgehead atoms. The number of rotatable bonds is 7. The molecule has 0 unspecified atom stereocenters. The standard InChI is InChI=1S/C17H26N2/c1-7-11-12-16(8-2)15(5)14-19(6)17(9-3)13-18-10-4/h7-9,11-14H,2,10H2,1,3-6H3/b11-7+,15-14+,16-12+,17-9+,18-13?. The van der Waals surface area contributed by atoms with E-state index in [1.165, 1.54) is 5.57 Å². The molecule has 0 aromatic heterocycles. The van der Waals surface area contributed by atoms with E-state index in [1.807, 2.05) is 58.3 Å². The fraction of sp³-hybridized carbons (Fsp3) is 0.353. The molecule has 0 atom stereocenters. The molecule has 2 nitrogen and oxygen atoms in total. The van der Waals surface area contributed by atoms with E-state index in [4.69, 9.17) is 0 Å². The van der Waals surface area contributed by atoms with Crippen LogP contribution in [0.4, 0.5) is 0 Å².